The zero-order chi connectivity index (χ0) is 24.0. The third-order valence-corrected chi connectivity index (χ3v) is 4.85. The maximum Gasteiger partial charge on any atom is 0.338 e. The Morgan fingerprint density at radius 3 is 2.24 bits per heavy atom. The monoisotopic (exact) mass is 450 g/mol. The van der Waals surface area contributed by atoms with Gasteiger partial charge in [0.2, 0.25) is 0 Å². The summed E-state index contributed by atoms with van der Waals surface area (Å²) >= 11 is 0. The average molecular weight is 450 g/mol. The fourth-order valence-corrected chi connectivity index (χ4v) is 3.31. The lowest BCUT2D eigenvalue weighted by Gasteiger charge is -2.26. The van der Waals surface area contributed by atoms with Gasteiger partial charge >= 0.3 is 11.7 Å². The lowest BCUT2D eigenvalue weighted by molar-refractivity contribution is -0.121. The highest BCUT2D eigenvalue weighted by Gasteiger charge is 2.26. The first kappa shape index (κ1) is 23.5. The first-order chi connectivity index (χ1) is 15.8. The molecule has 0 aliphatic heterocycles. The van der Waals surface area contributed by atoms with E-state index in [9.17, 15) is 19.2 Å². The second kappa shape index (κ2) is 10.4. The number of nitrogens with two attached hydrogens (primary N) is 1. The molecule has 0 saturated carbocycles. The van der Waals surface area contributed by atoms with Crippen molar-refractivity contribution in [3.63, 3.8) is 0 Å². The van der Waals surface area contributed by atoms with Crippen LogP contribution in [0, 0.1) is 5.92 Å². The molecule has 0 bridgehead atoms. The predicted octanol–water partition coefficient (Wildman–Crippen LogP) is 2.01. The van der Waals surface area contributed by atoms with Crippen LogP contribution in [0.1, 0.15) is 29.8 Å². The topological polar surface area (TPSA) is 127 Å². The van der Waals surface area contributed by atoms with Gasteiger partial charge in [-0.2, -0.15) is 0 Å². The Morgan fingerprint density at radius 1 is 1.03 bits per heavy atom. The summed E-state index contributed by atoms with van der Waals surface area (Å²) in [5.41, 5.74) is 5.71. The summed E-state index contributed by atoms with van der Waals surface area (Å²) in [5, 5.41) is 0. The van der Waals surface area contributed by atoms with Crippen LogP contribution in [0.3, 0.4) is 0 Å². The van der Waals surface area contributed by atoms with Crippen LogP contribution in [0.4, 0.5) is 11.5 Å². The summed E-state index contributed by atoms with van der Waals surface area (Å²) in [5.74, 6) is -1.47. The fraction of sp³-hybridized carbons (Fsp3) is 0.250. The number of benzene rings is 2. The highest BCUT2D eigenvalue weighted by atomic mass is 16.5. The minimum Gasteiger partial charge on any atom is -0.452 e. The van der Waals surface area contributed by atoms with Gasteiger partial charge in [-0.1, -0.05) is 62.4 Å². The second-order valence-electron chi connectivity index (χ2n) is 7.91. The molecule has 0 unspecified atom stereocenters. The largest absolute Gasteiger partial charge is 0.452 e. The third kappa shape index (κ3) is 5.76. The number of amides is 1. The van der Waals surface area contributed by atoms with Crippen molar-refractivity contribution in [1.29, 1.82) is 0 Å². The molecule has 0 fully saturated rings. The Balaban J connectivity index is 1.92. The third-order valence-electron chi connectivity index (χ3n) is 4.85. The van der Waals surface area contributed by atoms with E-state index in [1.807, 2.05) is 44.2 Å². The van der Waals surface area contributed by atoms with Gasteiger partial charge in [0.1, 0.15) is 5.82 Å². The summed E-state index contributed by atoms with van der Waals surface area (Å²) < 4.78 is 6.35. The molecule has 0 aliphatic rings. The van der Waals surface area contributed by atoms with E-state index in [4.69, 9.17) is 10.5 Å². The van der Waals surface area contributed by atoms with Gasteiger partial charge in [0, 0.05) is 6.54 Å². The highest BCUT2D eigenvalue weighted by Crippen LogP contribution is 2.19. The lowest BCUT2D eigenvalue weighted by atomic mass is 10.2. The number of nitrogen functional groups attached to an aromatic ring is 1. The number of nitrogens with one attached hydrogen (secondary N) is 1. The zero-order valence-electron chi connectivity index (χ0n) is 18.5. The first-order valence-corrected chi connectivity index (χ1v) is 10.5. The number of carbonyl (C=O) groups excluding carboxylic acids is 2. The molecule has 9 heteroatoms. The molecule has 3 rings (SSSR count). The van der Waals surface area contributed by atoms with Crippen LogP contribution in [0.15, 0.2) is 70.3 Å². The van der Waals surface area contributed by atoms with E-state index >= 15 is 0 Å². The first-order valence-electron chi connectivity index (χ1n) is 10.5. The van der Waals surface area contributed by atoms with Crippen LogP contribution in [-0.2, 0) is 16.1 Å². The van der Waals surface area contributed by atoms with Crippen LogP contribution < -0.4 is 21.9 Å². The molecule has 0 spiro atoms. The minimum absolute atomic E-state index is 0.0351. The Labute approximate surface area is 190 Å². The highest BCUT2D eigenvalue weighted by molar-refractivity contribution is 5.98. The maximum absolute atomic E-state index is 13.0. The lowest BCUT2D eigenvalue weighted by Crippen LogP contribution is -2.44. The average Bonchev–Trinajstić information content (AvgIpc) is 2.80. The van der Waals surface area contributed by atoms with Gasteiger partial charge in [-0.3, -0.25) is 19.1 Å². The van der Waals surface area contributed by atoms with Crippen molar-refractivity contribution < 1.29 is 14.3 Å². The Morgan fingerprint density at radius 2 is 1.64 bits per heavy atom. The van der Waals surface area contributed by atoms with E-state index in [1.165, 1.54) is 4.57 Å². The number of aromatic nitrogens is 2. The number of nitrogens with zero attached hydrogens (tertiary/aromatic N) is 2. The van der Waals surface area contributed by atoms with Crippen molar-refractivity contribution in [2.75, 3.05) is 23.8 Å². The molecule has 1 aromatic heterocycles. The number of hydrogen-bond donors (Lipinski definition) is 2. The molecule has 3 N–H and O–H groups in total. The Bertz CT molecular complexity index is 1230. The standard InChI is InChI=1S/C24H26N4O5/c1-16(2)13-27(19(29)15-33-23(31)18-11-7-4-8-12-18)20-21(25)28(24(32)26-22(20)30)14-17-9-5-3-6-10-17/h3-12,16H,13-15,25H2,1-2H3,(H,26,30,32). The molecule has 3 aromatic rings. The number of esters is 1. The summed E-state index contributed by atoms with van der Waals surface area (Å²) in [6, 6.07) is 17.4. The van der Waals surface area contributed by atoms with Crippen molar-refractivity contribution in [1.82, 2.24) is 9.55 Å². The van der Waals surface area contributed by atoms with Crippen LogP contribution in [0.2, 0.25) is 0 Å². The normalized spacial score (nSPS) is 10.8. The van der Waals surface area contributed by atoms with Crippen LogP contribution in [0.5, 0.6) is 0 Å². The minimum atomic E-state index is -0.787. The number of carbonyl (C=O) groups is 2. The van der Waals surface area contributed by atoms with Gasteiger partial charge in [0.15, 0.2) is 12.3 Å². The van der Waals surface area contributed by atoms with E-state index in [0.29, 0.717) is 5.56 Å². The quantitative estimate of drug-likeness (QED) is 0.506. The molecule has 172 valence electrons. The zero-order valence-corrected chi connectivity index (χ0v) is 18.5. The number of rotatable bonds is 8. The predicted molar refractivity (Wildman–Crippen MR) is 125 cm³/mol. The Kier molecular flexibility index (Phi) is 7.45. The molecule has 9 nitrogen and oxygen atoms in total. The van der Waals surface area contributed by atoms with Crippen LogP contribution in [-0.4, -0.2) is 34.6 Å². The van der Waals surface area contributed by atoms with Crippen molar-refractivity contribution in [2.24, 2.45) is 5.92 Å². The van der Waals surface area contributed by atoms with Gasteiger partial charge in [0.25, 0.3) is 11.5 Å². The number of anilines is 2. The molecular weight excluding hydrogens is 424 g/mol. The summed E-state index contributed by atoms with van der Waals surface area (Å²) in [4.78, 5) is 53.8. The van der Waals surface area contributed by atoms with Gasteiger partial charge in [-0.05, 0) is 23.6 Å². The maximum atomic E-state index is 13.0. The molecule has 2 aromatic carbocycles. The van der Waals surface area contributed by atoms with Crippen molar-refractivity contribution >= 4 is 23.4 Å². The smallest absolute Gasteiger partial charge is 0.338 e. The fourth-order valence-electron chi connectivity index (χ4n) is 3.31. The van der Waals surface area contributed by atoms with Crippen molar-refractivity contribution in [3.8, 4) is 0 Å². The van der Waals surface area contributed by atoms with E-state index in [2.05, 4.69) is 4.98 Å². The molecule has 1 amide bonds. The van der Waals surface area contributed by atoms with Crippen molar-refractivity contribution in [2.45, 2.75) is 20.4 Å². The van der Waals surface area contributed by atoms with Gasteiger partial charge in [-0.15, -0.1) is 0 Å². The Hall–Kier alpha value is -4.14. The second-order valence-corrected chi connectivity index (χ2v) is 7.91. The number of H-pyrrole nitrogens is 1. The molecular formula is C24H26N4O5. The number of aromatic amines is 1. The van der Waals surface area contributed by atoms with E-state index in [0.717, 1.165) is 10.5 Å². The molecule has 0 saturated heterocycles. The molecule has 0 aliphatic carbocycles. The molecule has 33 heavy (non-hydrogen) atoms. The van der Waals surface area contributed by atoms with Crippen LogP contribution >= 0.6 is 0 Å². The van der Waals surface area contributed by atoms with E-state index in [-0.39, 0.29) is 30.5 Å². The van der Waals surface area contributed by atoms with E-state index < -0.39 is 29.7 Å². The number of hydrogen-bond acceptors (Lipinski definition) is 6. The summed E-state index contributed by atoms with van der Waals surface area (Å²) in [6.07, 6.45) is 0. The SMILES string of the molecule is CC(C)CN(C(=O)COC(=O)c1ccccc1)c1c(N)n(Cc2ccccc2)c(=O)[nH]c1=O. The molecule has 1 heterocycles. The summed E-state index contributed by atoms with van der Waals surface area (Å²) in [6.45, 7) is 3.39. The van der Waals surface area contributed by atoms with Crippen molar-refractivity contribution in [3.05, 3.63) is 92.6 Å². The molecule has 0 atom stereocenters. The van der Waals surface area contributed by atoms with Crippen LogP contribution in [0.25, 0.3) is 0 Å². The summed E-state index contributed by atoms with van der Waals surface area (Å²) in [7, 11) is 0. The van der Waals surface area contributed by atoms with Gasteiger partial charge in [-0.25, -0.2) is 9.59 Å². The van der Waals surface area contributed by atoms with E-state index in [1.54, 1.807) is 30.3 Å². The molecule has 0 radical (unpaired) electrons. The van der Waals surface area contributed by atoms with Gasteiger partial charge < -0.3 is 15.4 Å². The van der Waals surface area contributed by atoms with Gasteiger partial charge in [0.05, 0.1) is 12.1 Å². The number of ether oxygens (including phenoxy) is 1.